The maximum absolute atomic E-state index is 13.8. The Morgan fingerprint density at radius 2 is 2.17 bits per heavy atom. The number of amides is 1. The van der Waals surface area contributed by atoms with Crippen LogP contribution in [0.2, 0.25) is 0 Å². The lowest BCUT2D eigenvalue weighted by atomic mass is 10.0. The molecule has 2 rings (SSSR count). The highest BCUT2D eigenvalue weighted by Crippen LogP contribution is 2.27. The topological polar surface area (TPSA) is 99.8 Å². The Hall–Kier alpha value is -2.19. The molecule has 3 atom stereocenters. The molecule has 8 nitrogen and oxygen atoms in total. The first-order chi connectivity index (χ1) is 11.3. The van der Waals surface area contributed by atoms with Gasteiger partial charge in [-0.05, 0) is 5.92 Å². The van der Waals surface area contributed by atoms with E-state index in [9.17, 15) is 14.0 Å². The molecule has 0 saturated carbocycles. The van der Waals surface area contributed by atoms with Crippen LogP contribution in [-0.2, 0) is 9.59 Å². The number of hydrogen-bond acceptors (Lipinski definition) is 6. The molecule has 1 saturated heterocycles. The van der Waals surface area contributed by atoms with Gasteiger partial charge in [0.25, 0.3) is 0 Å². The number of carbonyl (C=O) groups excluding carboxylic acids is 1. The number of halogens is 1. The highest BCUT2D eigenvalue weighted by atomic mass is 19.1. The maximum Gasteiger partial charge on any atom is 0.318 e. The van der Waals surface area contributed by atoms with Crippen molar-refractivity contribution in [2.24, 2.45) is 5.92 Å². The Kier molecular flexibility index (Phi) is 5.74. The van der Waals surface area contributed by atoms with E-state index in [1.165, 1.54) is 4.90 Å². The minimum Gasteiger partial charge on any atom is -0.481 e. The first-order valence-corrected chi connectivity index (χ1v) is 7.92. The number of hydrogen-bond donors (Lipinski definition) is 1. The largest absolute Gasteiger partial charge is 0.481 e. The third-order valence-electron chi connectivity index (χ3n) is 4.08. The van der Waals surface area contributed by atoms with E-state index in [1.807, 2.05) is 0 Å². The lowest BCUT2D eigenvalue weighted by Crippen LogP contribution is -2.41. The lowest BCUT2D eigenvalue weighted by molar-refractivity contribution is -0.138. The van der Waals surface area contributed by atoms with E-state index >= 15 is 0 Å². The standard InChI is InChI=1S/C15H23FN4O4/c1-9(5-14(22)23)4-13(21)19(3)8-12-6-11(16)7-20(12)15-18-17-10(2)24-15/h9,11-12H,4-8H2,1-3H3,(H,22,23)/t9?,11-,12-/m0/s1. The number of aryl methyl sites for hydroxylation is 1. The summed E-state index contributed by atoms with van der Waals surface area (Å²) < 4.78 is 19.2. The van der Waals surface area contributed by atoms with Crippen molar-refractivity contribution in [1.29, 1.82) is 0 Å². The van der Waals surface area contributed by atoms with Gasteiger partial charge in [0.1, 0.15) is 6.17 Å². The second-order valence-electron chi connectivity index (χ2n) is 6.42. The van der Waals surface area contributed by atoms with Crippen LogP contribution in [-0.4, -0.2) is 64.4 Å². The van der Waals surface area contributed by atoms with Crippen molar-refractivity contribution >= 4 is 17.9 Å². The molecule has 1 amide bonds. The summed E-state index contributed by atoms with van der Waals surface area (Å²) in [6.45, 7) is 3.86. The first-order valence-electron chi connectivity index (χ1n) is 7.92. The van der Waals surface area contributed by atoms with E-state index in [-0.39, 0.29) is 49.7 Å². The molecule has 134 valence electrons. The Bertz CT molecular complexity index is 594. The van der Waals surface area contributed by atoms with Gasteiger partial charge in [-0.25, -0.2) is 4.39 Å². The molecule has 1 aromatic rings. The number of rotatable bonds is 7. The van der Waals surface area contributed by atoms with Crippen molar-refractivity contribution in [2.45, 2.75) is 45.3 Å². The van der Waals surface area contributed by atoms with E-state index < -0.39 is 12.1 Å². The second kappa shape index (κ2) is 7.59. The van der Waals surface area contributed by atoms with Gasteiger partial charge in [0, 0.05) is 39.8 Å². The number of aromatic nitrogens is 2. The van der Waals surface area contributed by atoms with Crippen molar-refractivity contribution in [3.05, 3.63) is 5.89 Å². The van der Waals surface area contributed by atoms with E-state index in [2.05, 4.69) is 10.2 Å². The Morgan fingerprint density at radius 3 is 2.75 bits per heavy atom. The van der Waals surface area contributed by atoms with Gasteiger partial charge in [0.15, 0.2) is 0 Å². The van der Waals surface area contributed by atoms with Gasteiger partial charge in [0.05, 0.1) is 12.6 Å². The molecule has 1 aliphatic rings. The number of nitrogens with zero attached hydrogens (tertiary/aromatic N) is 4. The average Bonchev–Trinajstić information content (AvgIpc) is 3.03. The summed E-state index contributed by atoms with van der Waals surface area (Å²) in [6, 6.07) is 0.0151. The van der Waals surface area contributed by atoms with Crippen LogP contribution < -0.4 is 4.90 Å². The zero-order chi connectivity index (χ0) is 17.9. The van der Waals surface area contributed by atoms with E-state index in [4.69, 9.17) is 9.52 Å². The zero-order valence-electron chi connectivity index (χ0n) is 14.1. The summed E-state index contributed by atoms with van der Waals surface area (Å²) in [5.41, 5.74) is 0. The first kappa shape index (κ1) is 18.2. The second-order valence-corrected chi connectivity index (χ2v) is 6.42. The monoisotopic (exact) mass is 342 g/mol. The molecule has 1 aliphatic heterocycles. The number of carboxylic acid groups (broad SMARTS) is 1. The van der Waals surface area contributed by atoms with Crippen LogP contribution in [0.25, 0.3) is 0 Å². The molecule has 1 aromatic heterocycles. The Morgan fingerprint density at radius 1 is 1.46 bits per heavy atom. The van der Waals surface area contributed by atoms with E-state index in [0.717, 1.165) is 0 Å². The molecule has 1 unspecified atom stereocenters. The van der Waals surface area contributed by atoms with Crippen LogP contribution in [0.3, 0.4) is 0 Å². The van der Waals surface area contributed by atoms with Crippen LogP contribution in [0.15, 0.2) is 4.42 Å². The fraction of sp³-hybridized carbons (Fsp3) is 0.733. The van der Waals surface area contributed by atoms with Crippen LogP contribution in [0.4, 0.5) is 10.4 Å². The average molecular weight is 342 g/mol. The highest BCUT2D eigenvalue weighted by molar-refractivity contribution is 5.77. The van der Waals surface area contributed by atoms with Gasteiger partial charge >= 0.3 is 12.0 Å². The molecule has 0 spiro atoms. The molecule has 0 aromatic carbocycles. The summed E-state index contributed by atoms with van der Waals surface area (Å²) in [6.07, 6.45) is -0.641. The summed E-state index contributed by atoms with van der Waals surface area (Å²) in [4.78, 5) is 26.1. The number of alkyl halides is 1. The molecule has 9 heteroatoms. The number of likely N-dealkylation sites (N-methyl/N-ethyl adjacent to an activating group) is 1. The van der Waals surface area contributed by atoms with Crippen LogP contribution in [0.5, 0.6) is 0 Å². The molecule has 2 heterocycles. The summed E-state index contributed by atoms with van der Waals surface area (Å²) in [7, 11) is 1.64. The van der Waals surface area contributed by atoms with Gasteiger partial charge in [-0.2, -0.15) is 0 Å². The van der Waals surface area contributed by atoms with Gasteiger partial charge in [-0.15, -0.1) is 5.10 Å². The van der Waals surface area contributed by atoms with Crippen molar-refractivity contribution in [3.63, 3.8) is 0 Å². The molecular weight excluding hydrogens is 319 g/mol. The van der Waals surface area contributed by atoms with Crippen molar-refractivity contribution < 1.29 is 23.5 Å². The molecule has 0 bridgehead atoms. The Balaban J connectivity index is 1.94. The maximum atomic E-state index is 13.8. The van der Waals surface area contributed by atoms with Gasteiger partial charge in [-0.3, -0.25) is 9.59 Å². The smallest absolute Gasteiger partial charge is 0.318 e. The van der Waals surface area contributed by atoms with Crippen LogP contribution >= 0.6 is 0 Å². The summed E-state index contributed by atoms with van der Waals surface area (Å²) >= 11 is 0. The summed E-state index contributed by atoms with van der Waals surface area (Å²) in [5, 5.41) is 16.4. The third-order valence-corrected chi connectivity index (χ3v) is 4.08. The van der Waals surface area contributed by atoms with Crippen molar-refractivity contribution in [2.75, 3.05) is 25.0 Å². The fourth-order valence-electron chi connectivity index (χ4n) is 2.91. The predicted octanol–water partition coefficient (Wildman–Crippen LogP) is 1.25. The normalized spacial score (nSPS) is 21.8. The summed E-state index contributed by atoms with van der Waals surface area (Å²) in [5.74, 6) is -0.928. The zero-order valence-corrected chi connectivity index (χ0v) is 14.1. The van der Waals surface area contributed by atoms with Gasteiger partial charge < -0.3 is 19.3 Å². The number of anilines is 1. The predicted molar refractivity (Wildman–Crippen MR) is 83.4 cm³/mol. The number of aliphatic carboxylic acids is 1. The minimum absolute atomic E-state index is 0.0526. The molecule has 1 fully saturated rings. The van der Waals surface area contributed by atoms with Crippen molar-refractivity contribution in [1.82, 2.24) is 15.1 Å². The Labute approximate surface area is 139 Å². The van der Waals surface area contributed by atoms with Crippen LogP contribution in [0, 0.1) is 12.8 Å². The van der Waals surface area contributed by atoms with Gasteiger partial charge in [-0.1, -0.05) is 12.0 Å². The molecule has 24 heavy (non-hydrogen) atoms. The minimum atomic E-state index is -1.02. The molecule has 0 radical (unpaired) electrons. The molecule has 0 aliphatic carbocycles. The number of carboxylic acids is 1. The molecular formula is C15H23FN4O4. The third kappa shape index (κ3) is 4.65. The van der Waals surface area contributed by atoms with Gasteiger partial charge in [0.2, 0.25) is 11.8 Å². The lowest BCUT2D eigenvalue weighted by Gasteiger charge is -2.27. The SMILES string of the molecule is Cc1nnc(N2C[C@@H](F)C[C@H]2CN(C)C(=O)CC(C)CC(=O)O)o1. The quantitative estimate of drug-likeness (QED) is 0.796. The molecule has 1 N–H and O–H groups in total. The van der Waals surface area contributed by atoms with E-state index in [0.29, 0.717) is 12.4 Å². The number of carbonyl (C=O) groups is 2. The highest BCUT2D eigenvalue weighted by Gasteiger charge is 2.36. The van der Waals surface area contributed by atoms with Crippen molar-refractivity contribution in [3.8, 4) is 0 Å². The van der Waals surface area contributed by atoms with E-state index in [1.54, 1.807) is 25.8 Å². The fourth-order valence-corrected chi connectivity index (χ4v) is 2.91. The van der Waals surface area contributed by atoms with Crippen LogP contribution in [0.1, 0.15) is 32.1 Å².